The molecule has 0 aliphatic rings. The molecule has 0 aromatic carbocycles. The van der Waals surface area contributed by atoms with E-state index in [1.165, 1.54) is 238 Å². The molecule has 0 bridgehead atoms. The maximum Gasteiger partial charge on any atom is 0.305 e. The number of rotatable bonds is 59. The van der Waals surface area contributed by atoms with E-state index < -0.39 is 12.1 Å². The maximum atomic E-state index is 12.5. The summed E-state index contributed by atoms with van der Waals surface area (Å²) in [6.07, 6.45) is 73.3. The highest BCUT2D eigenvalue weighted by molar-refractivity contribution is 5.76. The first kappa shape index (κ1) is 68.3. The Morgan fingerprint density at radius 2 is 0.700 bits per heavy atom. The average molecular weight is 987 g/mol. The third kappa shape index (κ3) is 55.7. The lowest BCUT2D eigenvalue weighted by atomic mass is 10.0. The van der Waals surface area contributed by atoms with Gasteiger partial charge in [0.2, 0.25) is 5.91 Å². The van der Waals surface area contributed by atoms with Crippen molar-refractivity contribution in [2.75, 3.05) is 13.2 Å². The molecule has 0 radical (unpaired) electrons. The van der Waals surface area contributed by atoms with Crippen molar-refractivity contribution in [3.05, 3.63) is 24.3 Å². The summed E-state index contributed by atoms with van der Waals surface area (Å²) >= 11 is 0. The Morgan fingerprint density at radius 3 is 1.06 bits per heavy atom. The molecule has 0 aliphatic heterocycles. The highest BCUT2D eigenvalue weighted by Crippen LogP contribution is 2.18. The largest absolute Gasteiger partial charge is 0.466 e. The van der Waals surface area contributed by atoms with E-state index in [2.05, 4.69) is 43.5 Å². The highest BCUT2D eigenvalue weighted by Gasteiger charge is 2.20. The number of ether oxygens (including phenoxy) is 1. The minimum Gasteiger partial charge on any atom is -0.466 e. The Bertz CT molecular complexity index is 1090. The van der Waals surface area contributed by atoms with Gasteiger partial charge in [-0.3, -0.25) is 9.59 Å². The van der Waals surface area contributed by atoms with Crippen molar-refractivity contribution in [1.82, 2.24) is 5.32 Å². The number of esters is 1. The topological polar surface area (TPSA) is 95.9 Å². The summed E-state index contributed by atoms with van der Waals surface area (Å²) in [6, 6.07) is -0.558. The van der Waals surface area contributed by atoms with Crippen LogP contribution in [0.4, 0.5) is 0 Å². The first-order chi connectivity index (χ1) is 34.5. The quantitative estimate of drug-likeness (QED) is 0.0321. The van der Waals surface area contributed by atoms with E-state index in [0.29, 0.717) is 25.9 Å². The summed E-state index contributed by atoms with van der Waals surface area (Å²) in [5, 5.41) is 23.3. The first-order valence-electron chi connectivity index (χ1n) is 31.6. The van der Waals surface area contributed by atoms with Crippen molar-refractivity contribution in [1.29, 1.82) is 0 Å². The molecule has 0 aromatic rings. The van der Waals surface area contributed by atoms with Gasteiger partial charge in [0.05, 0.1) is 25.4 Å². The van der Waals surface area contributed by atoms with Crippen LogP contribution in [-0.2, 0) is 14.3 Å². The van der Waals surface area contributed by atoms with E-state index >= 15 is 0 Å². The fourth-order valence-electron chi connectivity index (χ4n) is 9.93. The second kappa shape index (κ2) is 59.9. The van der Waals surface area contributed by atoms with E-state index in [0.717, 1.165) is 77.0 Å². The monoisotopic (exact) mass is 986 g/mol. The van der Waals surface area contributed by atoms with Crippen molar-refractivity contribution in [3.8, 4) is 0 Å². The Balaban J connectivity index is 3.48. The fraction of sp³-hybridized carbons (Fsp3) is 0.906. The summed E-state index contributed by atoms with van der Waals surface area (Å²) in [5.74, 6) is -0.0704. The van der Waals surface area contributed by atoms with Crippen LogP contribution >= 0.6 is 0 Å². The third-order valence-corrected chi connectivity index (χ3v) is 14.8. The van der Waals surface area contributed by atoms with Crippen molar-refractivity contribution in [3.63, 3.8) is 0 Å². The summed E-state index contributed by atoms with van der Waals surface area (Å²) in [4.78, 5) is 24.6. The van der Waals surface area contributed by atoms with Crippen LogP contribution in [0, 0.1) is 0 Å². The van der Waals surface area contributed by atoms with E-state index in [-0.39, 0.29) is 18.5 Å². The lowest BCUT2D eigenvalue weighted by molar-refractivity contribution is -0.143. The van der Waals surface area contributed by atoms with Crippen molar-refractivity contribution in [2.45, 2.75) is 360 Å². The van der Waals surface area contributed by atoms with Gasteiger partial charge < -0.3 is 20.3 Å². The number of unbranched alkanes of at least 4 members (excludes halogenated alkanes) is 45. The van der Waals surface area contributed by atoms with Gasteiger partial charge in [-0.05, 0) is 57.8 Å². The molecular weight excluding hydrogens is 863 g/mol. The molecule has 0 saturated heterocycles. The molecule has 1 amide bonds. The van der Waals surface area contributed by atoms with Gasteiger partial charge >= 0.3 is 5.97 Å². The zero-order chi connectivity index (χ0) is 50.7. The number of allylic oxidation sites excluding steroid dienone is 4. The molecule has 0 spiro atoms. The van der Waals surface area contributed by atoms with E-state index in [1.807, 2.05) is 0 Å². The number of aliphatic hydroxyl groups excluding tert-OH is 2. The van der Waals surface area contributed by atoms with Crippen LogP contribution in [0.15, 0.2) is 24.3 Å². The summed E-state index contributed by atoms with van der Waals surface area (Å²) in [5.41, 5.74) is 0. The summed E-state index contributed by atoms with van der Waals surface area (Å²) in [7, 11) is 0. The minimum atomic E-state index is -0.679. The average Bonchev–Trinajstić information content (AvgIpc) is 3.36. The number of carbonyl (C=O) groups excluding carboxylic acids is 2. The Hall–Kier alpha value is -1.66. The van der Waals surface area contributed by atoms with Crippen LogP contribution in [0.1, 0.15) is 348 Å². The van der Waals surface area contributed by atoms with E-state index in [1.54, 1.807) is 0 Å². The second-order valence-corrected chi connectivity index (χ2v) is 21.8. The second-order valence-electron chi connectivity index (χ2n) is 21.8. The summed E-state index contributed by atoms with van der Waals surface area (Å²) < 4.78 is 5.47. The van der Waals surface area contributed by atoms with Crippen LogP contribution < -0.4 is 5.32 Å². The normalized spacial score (nSPS) is 12.7. The zero-order valence-corrected chi connectivity index (χ0v) is 47.3. The van der Waals surface area contributed by atoms with Gasteiger partial charge in [-0.15, -0.1) is 0 Å². The van der Waals surface area contributed by atoms with Gasteiger partial charge in [0.15, 0.2) is 0 Å². The van der Waals surface area contributed by atoms with E-state index in [9.17, 15) is 19.8 Å². The molecule has 0 heterocycles. The Labute approximate surface area is 437 Å². The van der Waals surface area contributed by atoms with Gasteiger partial charge in [0, 0.05) is 12.8 Å². The predicted octanol–water partition coefficient (Wildman–Crippen LogP) is 19.8. The number of carbonyl (C=O) groups is 2. The predicted molar refractivity (Wildman–Crippen MR) is 306 cm³/mol. The van der Waals surface area contributed by atoms with Gasteiger partial charge in [0.1, 0.15) is 0 Å². The molecule has 6 nitrogen and oxygen atoms in total. The standard InChI is InChI=1S/C64H123NO5/c1-3-5-7-9-11-13-15-17-19-21-23-25-28-32-36-40-44-48-52-56-62(67)61(60-66)65-63(68)57-53-49-45-41-37-33-29-27-31-35-39-43-47-51-55-59-70-64(69)58-54-50-46-42-38-34-30-26-24-22-20-18-16-14-12-10-8-6-4-2/h27,31,35,39,61-62,66-67H,3-26,28-30,32-34,36-38,40-60H2,1-2H3,(H,65,68)/b31-27-,39-35-. The van der Waals surface area contributed by atoms with Gasteiger partial charge in [0.25, 0.3) is 0 Å². The van der Waals surface area contributed by atoms with Crippen LogP contribution in [0.5, 0.6) is 0 Å². The minimum absolute atomic E-state index is 0.0161. The molecule has 6 heteroatoms. The van der Waals surface area contributed by atoms with Crippen LogP contribution in [0.25, 0.3) is 0 Å². The molecular formula is C64H123NO5. The summed E-state index contributed by atoms with van der Waals surface area (Å²) in [6.45, 7) is 4.93. The molecule has 3 N–H and O–H groups in total. The van der Waals surface area contributed by atoms with E-state index in [4.69, 9.17) is 4.74 Å². The van der Waals surface area contributed by atoms with Gasteiger partial charge in [-0.2, -0.15) is 0 Å². The highest BCUT2D eigenvalue weighted by atomic mass is 16.5. The van der Waals surface area contributed by atoms with Gasteiger partial charge in [-0.25, -0.2) is 0 Å². The van der Waals surface area contributed by atoms with Crippen molar-refractivity contribution in [2.24, 2.45) is 0 Å². The fourth-order valence-corrected chi connectivity index (χ4v) is 9.93. The number of aliphatic hydroxyl groups is 2. The van der Waals surface area contributed by atoms with Crippen molar-refractivity contribution < 1.29 is 24.5 Å². The van der Waals surface area contributed by atoms with Crippen LogP contribution in [0.2, 0.25) is 0 Å². The third-order valence-electron chi connectivity index (χ3n) is 14.8. The maximum absolute atomic E-state index is 12.5. The SMILES string of the molecule is CCCCCCCCCCCCCCCCCCCCCC(=O)OCCCCC/C=C\C=C/CCCCCCCCC(=O)NC(CO)C(O)CCCCCCCCCCCCCCCCCCCCC. The lowest BCUT2D eigenvalue weighted by Gasteiger charge is -2.22. The molecule has 414 valence electrons. The van der Waals surface area contributed by atoms with Crippen LogP contribution in [0.3, 0.4) is 0 Å². The number of hydrogen-bond acceptors (Lipinski definition) is 5. The molecule has 2 unspecified atom stereocenters. The molecule has 0 aliphatic carbocycles. The zero-order valence-electron chi connectivity index (χ0n) is 47.3. The molecule has 0 rings (SSSR count). The Kier molecular flexibility index (Phi) is 58.5. The molecule has 0 saturated carbocycles. The van der Waals surface area contributed by atoms with Crippen LogP contribution in [-0.4, -0.2) is 47.4 Å². The molecule has 0 aromatic heterocycles. The molecule has 0 fully saturated rings. The first-order valence-corrected chi connectivity index (χ1v) is 31.6. The number of nitrogens with one attached hydrogen (secondary N) is 1. The smallest absolute Gasteiger partial charge is 0.305 e. The number of amides is 1. The van der Waals surface area contributed by atoms with Crippen molar-refractivity contribution >= 4 is 11.9 Å². The number of hydrogen-bond donors (Lipinski definition) is 3. The molecule has 70 heavy (non-hydrogen) atoms. The lowest BCUT2D eigenvalue weighted by Crippen LogP contribution is -2.45. The molecule has 2 atom stereocenters. The van der Waals surface area contributed by atoms with Gasteiger partial charge in [-0.1, -0.05) is 301 Å². The Morgan fingerprint density at radius 1 is 0.400 bits per heavy atom.